The number of imide groups is 1. The summed E-state index contributed by atoms with van der Waals surface area (Å²) in [6, 6.07) is 54.7. The summed E-state index contributed by atoms with van der Waals surface area (Å²) in [5.74, 6) is -0.660. The fourth-order valence-electron chi connectivity index (χ4n) is 7.46. The molecule has 0 fully saturated rings. The van der Waals surface area contributed by atoms with Gasteiger partial charge in [-0.05, 0) is 76.7 Å². The molecule has 0 radical (unpaired) electrons. The van der Waals surface area contributed by atoms with Crippen molar-refractivity contribution in [3.63, 3.8) is 0 Å². The van der Waals surface area contributed by atoms with Gasteiger partial charge in [0.1, 0.15) is 0 Å². The van der Waals surface area contributed by atoms with Crippen molar-refractivity contribution in [2.24, 2.45) is 0 Å². The molecule has 7 aromatic carbocycles. The molecule has 8 aromatic rings. The summed E-state index contributed by atoms with van der Waals surface area (Å²) in [5, 5.41) is 2.17. The molecule has 49 heavy (non-hydrogen) atoms. The highest BCUT2D eigenvalue weighted by Crippen LogP contribution is 2.44. The number of benzene rings is 7. The van der Waals surface area contributed by atoms with Crippen LogP contribution in [0.4, 0.5) is 5.69 Å². The van der Waals surface area contributed by atoms with Crippen molar-refractivity contribution >= 4 is 39.3 Å². The first-order chi connectivity index (χ1) is 24.1. The van der Waals surface area contributed by atoms with Gasteiger partial charge < -0.3 is 4.57 Å². The number of fused-ring (bicyclic) bond motifs is 4. The zero-order valence-corrected chi connectivity index (χ0v) is 26.8. The summed E-state index contributed by atoms with van der Waals surface area (Å²) in [5.41, 5.74) is 11.3. The average molecular weight is 631 g/mol. The second kappa shape index (κ2) is 11.3. The lowest BCUT2D eigenvalue weighted by atomic mass is 9.92. The Morgan fingerprint density at radius 3 is 1.80 bits per heavy atom. The summed E-state index contributed by atoms with van der Waals surface area (Å²) in [7, 11) is 0. The number of rotatable bonds is 5. The van der Waals surface area contributed by atoms with E-state index in [1.807, 2.05) is 91.0 Å². The molecule has 1 aromatic heterocycles. The Balaban J connectivity index is 1.25. The van der Waals surface area contributed by atoms with Crippen molar-refractivity contribution in [2.45, 2.75) is 6.92 Å². The smallest absolute Gasteiger partial charge is 0.268 e. The van der Waals surface area contributed by atoms with Gasteiger partial charge in [0, 0.05) is 16.3 Å². The Kier molecular flexibility index (Phi) is 6.63. The fraction of sp³-hybridized carbons (Fsp3) is 0.0222. The molecule has 0 spiro atoms. The number of carbonyl (C=O) groups is 2. The molecular weight excluding hydrogens is 601 g/mol. The minimum atomic E-state index is -0.333. The van der Waals surface area contributed by atoms with E-state index in [2.05, 4.69) is 78.2 Å². The van der Waals surface area contributed by atoms with Crippen LogP contribution in [0, 0.1) is 6.92 Å². The summed E-state index contributed by atoms with van der Waals surface area (Å²) >= 11 is 0. The van der Waals surface area contributed by atoms with Crippen LogP contribution >= 0.6 is 0 Å². The third kappa shape index (κ3) is 4.45. The quantitative estimate of drug-likeness (QED) is 0.178. The number of aromatic nitrogens is 1. The fourth-order valence-corrected chi connectivity index (χ4v) is 7.46. The molecule has 2 heterocycles. The summed E-state index contributed by atoms with van der Waals surface area (Å²) in [4.78, 5) is 30.6. The highest BCUT2D eigenvalue weighted by atomic mass is 16.2. The number of anilines is 1. The highest BCUT2D eigenvalue weighted by molar-refractivity contribution is 6.36. The highest BCUT2D eigenvalue weighted by Gasteiger charge is 2.40. The third-order valence-electron chi connectivity index (χ3n) is 9.69. The molecule has 9 rings (SSSR count). The number of carbonyl (C=O) groups excluding carboxylic acids is 2. The van der Waals surface area contributed by atoms with Crippen LogP contribution in [-0.2, 0) is 0 Å². The van der Waals surface area contributed by atoms with E-state index in [1.54, 1.807) is 6.07 Å². The Labute approximate surface area is 284 Å². The Morgan fingerprint density at radius 2 is 1.02 bits per heavy atom. The topological polar surface area (TPSA) is 42.3 Å². The Morgan fingerprint density at radius 1 is 0.408 bits per heavy atom. The molecular formula is C45H30N2O2. The maximum Gasteiger partial charge on any atom is 0.268 e. The zero-order valence-electron chi connectivity index (χ0n) is 26.8. The number of para-hydroxylation sites is 1. The van der Waals surface area contributed by atoms with E-state index in [1.165, 1.54) is 16.0 Å². The van der Waals surface area contributed by atoms with E-state index < -0.39 is 0 Å². The molecule has 232 valence electrons. The van der Waals surface area contributed by atoms with Gasteiger partial charge in [-0.3, -0.25) is 9.59 Å². The van der Waals surface area contributed by atoms with Crippen LogP contribution in [0.2, 0.25) is 0 Å². The van der Waals surface area contributed by atoms with Gasteiger partial charge in [-0.1, -0.05) is 127 Å². The molecule has 0 unspecified atom stereocenters. The number of amides is 2. The summed E-state index contributed by atoms with van der Waals surface area (Å²) in [6.45, 7) is 2.13. The zero-order chi connectivity index (χ0) is 33.1. The number of aryl methyl sites for hydroxylation is 1. The van der Waals surface area contributed by atoms with Gasteiger partial charge in [0.2, 0.25) is 0 Å². The van der Waals surface area contributed by atoms with Crippen molar-refractivity contribution in [1.29, 1.82) is 0 Å². The largest absolute Gasteiger partial charge is 0.308 e. The first-order valence-corrected chi connectivity index (χ1v) is 16.5. The molecule has 0 atom stereocenters. The van der Waals surface area contributed by atoms with Gasteiger partial charge in [0.25, 0.3) is 11.8 Å². The molecule has 4 nitrogen and oxygen atoms in total. The molecule has 2 amide bonds. The molecule has 4 heteroatoms. The van der Waals surface area contributed by atoms with Crippen LogP contribution in [0.5, 0.6) is 0 Å². The number of hydrogen-bond donors (Lipinski definition) is 0. The van der Waals surface area contributed by atoms with Crippen LogP contribution in [0.1, 0.15) is 26.3 Å². The van der Waals surface area contributed by atoms with Crippen molar-refractivity contribution in [3.8, 4) is 39.1 Å². The molecule has 0 saturated heterocycles. The summed E-state index contributed by atoms with van der Waals surface area (Å²) < 4.78 is 2.14. The second-order valence-electron chi connectivity index (χ2n) is 12.5. The van der Waals surface area contributed by atoms with E-state index in [0.717, 1.165) is 49.6 Å². The van der Waals surface area contributed by atoms with E-state index in [9.17, 15) is 9.59 Å². The Bertz CT molecular complexity index is 2600. The maximum atomic E-state index is 14.8. The monoisotopic (exact) mass is 630 g/mol. The molecule has 0 bridgehead atoms. The van der Waals surface area contributed by atoms with E-state index in [4.69, 9.17) is 0 Å². The van der Waals surface area contributed by atoms with Crippen molar-refractivity contribution in [3.05, 3.63) is 180 Å². The number of hydrogen-bond acceptors (Lipinski definition) is 2. The van der Waals surface area contributed by atoms with Gasteiger partial charge in [-0.2, -0.15) is 0 Å². The van der Waals surface area contributed by atoms with Crippen LogP contribution in [0.15, 0.2) is 164 Å². The van der Waals surface area contributed by atoms with Crippen LogP contribution in [0.3, 0.4) is 0 Å². The third-order valence-corrected chi connectivity index (χ3v) is 9.69. The first kappa shape index (κ1) is 28.7. The molecule has 0 saturated carbocycles. The lowest BCUT2D eigenvalue weighted by Crippen LogP contribution is -2.30. The predicted octanol–water partition coefficient (Wildman–Crippen LogP) is 10.9. The van der Waals surface area contributed by atoms with Gasteiger partial charge >= 0.3 is 0 Å². The lowest BCUT2D eigenvalue weighted by molar-refractivity contribution is 0.0926. The van der Waals surface area contributed by atoms with Gasteiger partial charge in [0.15, 0.2) is 0 Å². The van der Waals surface area contributed by atoms with Crippen molar-refractivity contribution < 1.29 is 9.59 Å². The number of nitrogens with zero attached hydrogens (tertiary/aromatic N) is 2. The van der Waals surface area contributed by atoms with E-state index >= 15 is 0 Å². The maximum absolute atomic E-state index is 14.8. The van der Waals surface area contributed by atoms with Crippen LogP contribution in [0.25, 0.3) is 60.9 Å². The van der Waals surface area contributed by atoms with Crippen LogP contribution < -0.4 is 4.90 Å². The molecule has 1 aliphatic heterocycles. The molecule has 1 aliphatic rings. The minimum Gasteiger partial charge on any atom is -0.308 e. The molecule has 0 aliphatic carbocycles. The van der Waals surface area contributed by atoms with Gasteiger partial charge in [-0.25, -0.2) is 4.90 Å². The Hall–Kier alpha value is -6.52. The standard InChI is InChI=1S/C45H30N2O2/c1-29-14-8-9-19-33(29)32-26-27-39-37(28-32)35-20-10-11-23-38(35)46(39)41-25-13-22-36-43(41)45(49)47(44(36)48)40-24-12-21-34(30-15-4-2-5-16-30)42(40)31-17-6-3-7-18-31/h2-28H,1H3. The first-order valence-electron chi connectivity index (χ1n) is 16.5. The van der Waals surface area contributed by atoms with E-state index in [-0.39, 0.29) is 11.8 Å². The average Bonchev–Trinajstić information content (AvgIpc) is 3.62. The predicted molar refractivity (Wildman–Crippen MR) is 199 cm³/mol. The van der Waals surface area contributed by atoms with Gasteiger partial charge in [0.05, 0.1) is 33.5 Å². The normalized spacial score (nSPS) is 12.6. The van der Waals surface area contributed by atoms with E-state index in [0.29, 0.717) is 22.5 Å². The molecule has 0 N–H and O–H groups in total. The lowest BCUT2D eigenvalue weighted by Gasteiger charge is -2.22. The minimum absolute atomic E-state index is 0.327. The van der Waals surface area contributed by atoms with Crippen LogP contribution in [-0.4, -0.2) is 16.4 Å². The van der Waals surface area contributed by atoms with Crippen molar-refractivity contribution in [1.82, 2.24) is 4.57 Å². The summed E-state index contributed by atoms with van der Waals surface area (Å²) in [6.07, 6.45) is 0. The van der Waals surface area contributed by atoms with Gasteiger partial charge in [-0.15, -0.1) is 0 Å². The second-order valence-corrected chi connectivity index (χ2v) is 12.5. The SMILES string of the molecule is Cc1ccccc1-c1ccc2c(c1)c1ccccc1n2-c1cccc2c1C(=O)N(c1cccc(-c3ccccc3)c1-c1ccccc1)C2=O. The van der Waals surface area contributed by atoms with Crippen molar-refractivity contribution in [2.75, 3.05) is 4.90 Å².